The van der Waals surface area contributed by atoms with Crippen LogP contribution in [0.25, 0.3) is 0 Å². The minimum Gasteiger partial charge on any atom is -0.354 e. The number of likely N-dealkylation sites (N-methyl/N-ethyl adjacent to an activating group) is 1. The van der Waals surface area contributed by atoms with E-state index >= 15 is 0 Å². The van der Waals surface area contributed by atoms with E-state index in [-0.39, 0.29) is 5.82 Å². The van der Waals surface area contributed by atoms with Gasteiger partial charge in [0.05, 0.1) is 0 Å². The van der Waals surface area contributed by atoms with Gasteiger partial charge in [0.15, 0.2) is 0 Å². The van der Waals surface area contributed by atoms with Gasteiger partial charge in [-0.15, -0.1) is 0 Å². The number of hydrogen-bond acceptors (Lipinski definition) is 4. The molecule has 18 heavy (non-hydrogen) atoms. The molecule has 1 fully saturated rings. The fourth-order valence-electron chi connectivity index (χ4n) is 1.89. The van der Waals surface area contributed by atoms with E-state index in [1.165, 1.54) is 6.92 Å². The van der Waals surface area contributed by atoms with E-state index in [0.717, 1.165) is 19.2 Å². The monoisotopic (exact) mass is 260 g/mol. The molecule has 1 aromatic rings. The Kier molecular flexibility index (Phi) is 3.43. The third kappa shape index (κ3) is 2.90. The molecule has 1 saturated heterocycles. The summed E-state index contributed by atoms with van der Waals surface area (Å²) >= 11 is 0. The molecule has 4 nitrogen and oxygen atoms in total. The van der Waals surface area contributed by atoms with Gasteiger partial charge in [-0.1, -0.05) is 0 Å². The van der Waals surface area contributed by atoms with Crippen LogP contribution in [0.4, 0.5) is 19.0 Å². The van der Waals surface area contributed by atoms with Gasteiger partial charge in [0.2, 0.25) is 0 Å². The number of rotatable bonds is 1. The van der Waals surface area contributed by atoms with Gasteiger partial charge >= 0.3 is 6.18 Å². The summed E-state index contributed by atoms with van der Waals surface area (Å²) in [6.45, 7) is 4.50. The van der Waals surface area contributed by atoms with Crippen molar-refractivity contribution in [1.29, 1.82) is 0 Å². The molecule has 2 heterocycles. The molecule has 0 unspecified atom stereocenters. The molecule has 1 aliphatic rings. The Morgan fingerprint density at radius 3 is 2.28 bits per heavy atom. The molecule has 0 aromatic carbocycles. The van der Waals surface area contributed by atoms with Gasteiger partial charge in [-0.05, 0) is 14.0 Å². The number of halogens is 3. The van der Waals surface area contributed by atoms with Crippen LogP contribution >= 0.6 is 0 Å². The Balaban J connectivity index is 2.25. The second-order valence-electron chi connectivity index (χ2n) is 4.45. The number of hydrogen-bond donors (Lipinski definition) is 0. The van der Waals surface area contributed by atoms with Crippen molar-refractivity contribution < 1.29 is 13.2 Å². The average molecular weight is 260 g/mol. The van der Waals surface area contributed by atoms with Crippen LogP contribution in [0.3, 0.4) is 0 Å². The minimum absolute atomic E-state index is 0.152. The van der Waals surface area contributed by atoms with E-state index in [4.69, 9.17) is 0 Å². The number of anilines is 1. The molecule has 0 N–H and O–H groups in total. The normalized spacial score (nSPS) is 18.2. The maximum atomic E-state index is 12.7. The summed E-state index contributed by atoms with van der Waals surface area (Å²) in [5.41, 5.74) is -0.871. The highest BCUT2D eigenvalue weighted by Gasteiger charge is 2.34. The summed E-state index contributed by atoms with van der Waals surface area (Å²) < 4.78 is 38.0. The van der Waals surface area contributed by atoms with Gasteiger partial charge in [0.1, 0.15) is 17.3 Å². The van der Waals surface area contributed by atoms with Crippen LogP contribution in [0.15, 0.2) is 6.07 Å². The first-order valence-electron chi connectivity index (χ1n) is 5.72. The van der Waals surface area contributed by atoms with Gasteiger partial charge in [0.25, 0.3) is 0 Å². The minimum atomic E-state index is -4.42. The quantitative estimate of drug-likeness (QED) is 0.767. The second-order valence-corrected chi connectivity index (χ2v) is 4.45. The third-order valence-electron chi connectivity index (χ3n) is 2.94. The maximum Gasteiger partial charge on any atom is 0.433 e. The highest BCUT2D eigenvalue weighted by molar-refractivity contribution is 5.41. The first-order chi connectivity index (χ1) is 8.36. The SMILES string of the molecule is Cc1nc(N2CCN(C)CC2)cc(C(F)(F)F)n1. The zero-order chi connectivity index (χ0) is 13.3. The van der Waals surface area contributed by atoms with Crippen LogP contribution in [0.1, 0.15) is 11.5 Å². The van der Waals surface area contributed by atoms with Crippen molar-refractivity contribution in [2.24, 2.45) is 0 Å². The molecule has 0 aliphatic carbocycles. The van der Waals surface area contributed by atoms with Gasteiger partial charge < -0.3 is 9.80 Å². The van der Waals surface area contributed by atoms with Crippen molar-refractivity contribution in [3.63, 3.8) is 0 Å². The highest BCUT2D eigenvalue weighted by Crippen LogP contribution is 2.29. The zero-order valence-corrected chi connectivity index (χ0v) is 10.3. The first kappa shape index (κ1) is 13.1. The fraction of sp³-hybridized carbons (Fsp3) is 0.636. The summed E-state index contributed by atoms with van der Waals surface area (Å²) in [5, 5.41) is 0. The number of aryl methyl sites for hydroxylation is 1. The van der Waals surface area contributed by atoms with Crippen LogP contribution < -0.4 is 4.90 Å². The second kappa shape index (κ2) is 4.72. The van der Waals surface area contributed by atoms with Gasteiger partial charge in [-0.3, -0.25) is 0 Å². The van der Waals surface area contributed by atoms with Crippen LogP contribution in [0.5, 0.6) is 0 Å². The average Bonchev–Trinajstić information content (AvgIpc) is 2.28. The summed E-state index contributed by atoms with van der Waals surface area (Å²) in [6.07, 6.45) is -4.42. The molecule has 0 bridgehead atoms. The van der Waals surface area contributed by atoms with Crippen molar-refractivity contribution in [2.45, 2.75) is 13.1 Å². The number of nitrogens with zero attached hydrogens (tertiary/aromatic N) is 4. The summed E-state index contributed by atoms with van der Waals surface area (Å²) in [4.78, 5) is 11.5. The molecule has 0 spiro atoms. The molecule has 0 atom stereocenters. The predicted molar refractivity (Wildman–Crippen MR) is 61.5 cm³/mol. The van der Waals surface area contributed by atoms with E-state index in [1.54, 1.807) is 0 Å². The van der Waals surface area contributed by atoms with Gasteiger partial charge in [-0.25, -0.2) is 9.97 Å². The summed E-state index contributed by atoms with van der Waals surface area (Å²) in [7, 11) is 1.99. The predicted octanol–water partition coefficient (Wildman–Crippen LogP) is 1.56. The molecule has 7 heteroatoms. The van der Waals surface area contributed by atoms with E-state index in [0.29, 0.717) is 18.9 Å². The molecule has 0 radical (unpaired) electrons. The van der Waals surface area contributed by atoms with Crippen LogP contribution in [0.2, 0.25) is 0 Å². The molecular formula is C11H15F3N4. The zero-order valence-electron chi connectivity index (χ0n) is 10.3. The van der Waals surface area contributed by atoms with Crippen molar-refractivity contribution >= 4 is 5.82 Å². The van der Waals surface area contributed by atoms with E-state index in [2.05, 4.69) is 14.9 Å². The smallest absolute Gasteiger partial charge is 0.354 e. The van der Waals surface area contributed by atoms with E-state index < -0.39 is 11.9 Å². The lowest BCUT2D eigenvalue weighted by molar-refractivity contribution is -0.141. The lowest BCUT2D eigenvalue weighted by Gasteiger charge is -2.33. The Morgan fingerprint density at radius 2 is 1.72 bits per heavy atom. The van der Waals surface area contributed by atoms with Crippen molar-refractivity contribution in [3.05, 3.63) is 17.6 Å². The van der Waals surface area contributed by atoms with Crippen molar-refractivity contribution in [1.82, 2.24) is 14.9 Å². The summed E-state index contributed by atoms with van der Waals surface area (Å²) in [6, 6.07) is 1.03. The standard InChI is InChI=1S/C11H15F3N4/c1-8-15-9(11(12,13)14)7-10(16-8)18-5-3-17(2)4-6-18/h7H,3-6H2,1-2H3. The molecular weight excluding hydrogens is 245 g/mol. The highest BCUT2D eigenvalue weighted by atomic mass is 19.4. The number of alkyl halides is 3. The topological polar surface area (TPSA) is 32.3 Å². The van der Waals surface area contributed by atoms with Crippen LogP contribution in [-0.2, 0) is 6.18 Å². The Hall–Kier alpha value is -1.37. The van der Waals surface area contributed by atoms with Gasteiger partial charge in [0, 0.05) is 32.2 Å². The Bertz CT molecular complexity index is 425. The Morgan fingerprint density at radius 1 is 1.11 bits per heavy atom. The number of piperazine rings is 1. The molecule has 1 aromatic heterocycles. The lowest BCUT2D eigenvalue weighted by Crippen LogP contribution is -2.45. The summed E-state index contributed by atoms with van der Waals surface area (Å²) in [5.74, 6) is 0.515. The molecule has 100 valence electrons. The maximum absolute atomic E-state index is 12.7. The molecule has 2 rings (SSSR count). The number of aromatic nitrogens is 2. The fourth-order valence-corrected chi connectivity index (χ4v) is 1.89. The third-order valence-corrected chi connectivity index (χ3v) is 2.94. The largest absolute Gasteiger partial charge is 0.433 e. The van der Waals surface area contributed by atoms with Crippen molar-refractivity contribution in [3.8, 4) is 0 Å². The molecule has 0 saturated carbocycles. The lowest BCUT2D eigenvalue weighted by atomic mass is 10.3. The Labute approximate surface area is 103 Å². The first-order valence-corrected chi connectivity index (χ1v) is 5.72. The van der Waals surface area contributed by atoms with Crippen LogP contribution in [0, 0.1) is 6.92 Å². The molecule has 0 amide bonds. The van der Waals surface area contributed by atoms with Gasteiger partial charge in [-0.2, -0.15) is 13.2 Å². The van der Waals surface area contributed by atoms with E-state index in [1.807, 2.05) is 11.9 Å². The van der Waals surface area contributed by atoms with Crippen LogP contribution in [-0.4, -0.2) is 48.1 Å². The van der Waals surface area contributed by atoms with Crippen molar-refractivity contribution in [2.75, 3.05) is 38.1 Å². The van der Waals surface area contributed by atoms with E-state index in [9.17, 15) is 13.2 Å². The molecule has 1 aliphatic heterocycles.